The van der Waals surface area contributed by atoms with E-state index in [1.165, 1.54) is 16.7 Å². The zero-order valence-electron chi connectivity index (χ0n) is 11.6. The van der Waals surface area contributed by atoms with E-state index in [1.807, 2.05) is 12.1 Å². The molecule has 0 spiro atoms. The number of hydrogen-bond acceptors (Lipinski definition) is 2. The molecule has 2 heteroatoms. The van der Waals surface area contributed by atoms with Gasteiger partial charge in [0.05, 0.1) is 0 Å². The Labute approximate surface area is 114 Å². The van der Waals surface area contributed by atoms with Crippen LogP contribution < -0.4 is 5.73 Å². The monoisotopic (exact) mass is 255 g/mol. The molecule has 0 aliphatic carbocycles. The highest BCUT2D eigenvalue weighted by atomic mass is 16.3. The molecular formula is C17H21NO. The summed E-state index contributed by atoms with van der Waals surface area (Å²) in [6, 6.07) is 13.9. The zero-order valence-corrected chi connectivity index (χ0v) is 11.6. The van der Waals surface area contributed by atoms with E-state index >= 15 is 0 Å². The highest BCUT2D eigenvalue weighted by Gasteiger charge is 2.06. The third-order valence-corrected chi connectivity index (χ3v) is 3.50. The lowest BCUT2D eigenvalue weighted by Crippen LogP contribution is -2.25. The fourth-order valence-corrected chi connectivity index (χ4v) is 2.24. The van der Waals surface area contributed by atoms with Crippen molar-refractivity contribution in [3.05, 3.63) is 64.7 Å². The Morgan fingerprint density at radius 2 is 1.47 bits per heavy atom. The van der Waals surface area contributed by atoms with Crippen LogP contribution >= 0.6 is 0 Å². The number of nitrogens with two attached hydrogens (primary N) is 1. The maximum Gasteiger partial charge on any atom is 0.115 e. The lowest BCUT2D eigenvalue weighted by Gasteiger charge is -2.13. The van der Waals surface area contributed by atoms with Crippen molar-refractivity contribution in [2.24, 2.45) is 5.73 Å². The minimum Gasteiger partial charge on any atom is -0.508 e. The van der Waals surface area contributed by atoms with E-state index in [0.717, 1.165) is 18.4 Å². The summed E-state index contributed by atoms with van der Waals surface area (Å²) in [6.45, 7) is 4.25. The zero-order chi connectivity index (χ0) is 13.8. The molecule has 2 aromatic carbocycles. The number of rotatable bonds is 4. The number of phenols is 1. The Hall–Kier alpha value is -1.80. The molecule has 0 amide bonds. The van der Waals surface area contributed by atoms with Crippen LogP contribution in [0.4, 0.5) is 0 Å². The largest absolute Gasteiger partial charge is 0.508 e. The molecule has 0 radical (unpaired) electrons. The van der Waals surface area contributed by atoms with Crippen molar-refractivity contribution in [2.45, 2.75) is 32.7 Å². The lowest BCUT2D eigenvalue weighted by atomic mass is 9.97. The van der Waals surface area contributed by atoms with Crippen LogP contribution in [-0.2, 0) is 12.8 Å². The molecule has 0 aliphatic rings. The first kappa shape index (κ1) is 13.6. The second-order valence-corrected chi connectivity index (χ2v) is 5.25. The lowest BCUT2D eigenvalue weighted by molar-refractivity contribution is 0.475. The summed E-state index contributed by atoms with van der Waals surface area (Å²) in [6.07, 6.45) is 1.70. The Morgan fingerprint density at radius 1 is 0.895 bits per heavy atom. The molecule has 2 rings (SSSR count). The van der Waals surface area contributed by atoms with Crippen molar-refractivity contribution in [1.29, 1.82) is 0 Å². The van der Waals surface area contributed by atoms with E-state index < -0.39 is 0 Å². The number of aromatic hydroxyl groups is 1. The molecule has 2 nitrogen and oxygen atoms in total. The molecule has 0 saturated heterocycles. The SMILES string of the molecule is Cc1ccc(CC(N)Cc2ccc(O)cc2)cc1C. The summed E-state index contributed by atoms with van der Waals surface area (Å²) < 4.78 is 0. The van der Waals surface area contributed by atoms with Crippen LogP contribution in [0.25, 0.3) is 0 Å². The normalized spacial score (nSPS) is 12.4. The van der Waals surface area contributed by atoms with Gasteiger partial charge in [0.1, 0.15) is 5.75 Å². The molecule has 0 fully saturated rings. The van der Waals surface area contributed by atoms with Crippen molar-refractivity contribution in [3.8, 4) is 5.75 Å². The van der Waals surface area contributed by atoms with Gasteiger partial charge in [0.15, 0.2) is 0 Å². The Kier molecular flexibility index (Phi) is 4.23. The van der Waals surface area contributed by atoms with Crippen molar-refractivity contribution in [1.82, 2.24) is 0 Å². The second kappa shape index (κ2) is 5.89. The molecule has 0 heterocycles. The molecule has 3 N–H and O–H groups in total. The first-order valence-electron chi connectivity index (χ1n) is 6.64. The van der Waals surface area contributed by atoms with E-state index in [4.69, 9.17) is 5.73 Å². The smallest absolute Gasteiger partial charge is 0.115 e. The van der Waals surface area contributed by atoms with Crippen LogP contribution in [0.15, 0.2) is 42.5 Å². The van der Waals surface area contributed by atoms with E-state index in [-0.39, 0.29) is 6.04 Å². The molecule has 0 aromatic heterocycles. The highest BCUT2D eigenvalue weighted by molar-refractivity contribution is 5.31. The van der Waals surface area contributed by atoms with Gasteiger partial charge in [-0.2, -0.15) is 0 Å². The standard InChI is InChI=1S/C17H21NO/c1-12-3-4-15(9-13(12)2)11-16(18)10-14-5-7-17(19)8-6-14/h3-9,16,19H,10-11,18H2,1-2H3. The van der Waals surface area contributed by atoms with Crippen molar-refractivity contribution < 1.29 is 5.11 Å². The minimum atomic E-state index is 0.103. The van der Waals surface area contributed by atoms with Gasteiger partial charge in [0.25, 0.3) is 0 Å². The van der Waals surface area contributed by atoms with Gasteiger partial charge in [-0.25, -0.2) is 0 Å². The number of aryl methyl sites for hydroxylation is 2. The van der Waals surface area contributed by atoms with Crippen molar-refractivity contribution >= 4 is 0 Å². The molecule has 2 aromatic rings. The van der Waals surface area contributed by atoms with Gasteiger partial charge >= 0.3 is 0 Å². The van der Waals surface area contributed by atoms with E-state index in [9.17, 15) is 5.11 Å². The number of benzene rings is 2. The van der Waals surface area contributed by atoms with Crippen LogP contribution in [0.2, 0.25) is 0 Å². The van der Waals surface area contributed by atoms with Crippen molar-refractivity contribution in [2.75, 3.05) is 0 Å². The Balaban J connectivity index is 1.98. The molecule has 0 saturated carbocycles. The average molecular weight is 255 g/mol. The summed E-state index contributed by atoms with van der Waals surface area (Å²) in [5.41, 5.74) is 11.3. The molecular weight excluding hydrogens is 234 g/mol. The Morgan fingerprint density at radius 3 is 2.11 bits per heavy atom. The third kappa shape index (κ3) is 3.83. The topological polar surface area (TPSA) is 46.2 Å². The number of hydrogen-bond donors (Lipinski definition) is 2. The first-order valence-corrected chi connectivity index (χ1v) is 6.64. The van der Waals surface area contributed by atoms with Crippen LogP contribution in [-0.4, -0.2) is 11.1 Å². The Bertz CT molecular complexity index is 546. The average Bonchev–Trinajstić information content (AvgIpc) is 2.37. The third-order valence-electron chi connectivity index (χ3n) is 3.50. The summed E-state index contributed by atoms with van der Waals surface area (Å²) >= 11 is 0. The van der Waals surface area contributed by atoms with Crippen LogP contribution in [0.5, 0.6) is 5.75 Å². The number of phenolic OH excluding ortho intramolecular Hbond substituents is 1. The summed E-state index contributed by atoms with van der Waals surface area (Å²) in [7, 11) is 0. The van der Waals surface area contributed by atoms with E-state index in [1.54, 1.807) is 12.1 Å². The predicted molar refractivity (Wildman–Crippen MR) is 79.4 cm³/mol. The fraction of sp³-hybridized carbons (Fsp3) is 0.294. The van der Waals surface area contributed by atoms with Crippen molar-refractivity contribution in [3.63, 3.8) is 0 Å². The van der Waals surface area contributed by atoms with Gasteiger partial charge in [-0.15, -0.1) is 0 Å². The van der Waals surface area contributed by atoms with Gasteiger partial charge < -0.3 is 10.8 Å². The summed E-state index contributed by atoms with van der Waals surface area (Å²) in [5.74, 6) is 0.298. The maximum absolute atomic E-state index is 9.25. The molecule has 1 atom stereocenters. The van der Waals surface area contributed by atoms with Gasteiger partial charge in [-0.3, -0.25) is 0 Å². The maximum atomic E-state index is 9.25. The van der Waals surface area contributed by atoms with Gasteiger partial charge in [0.2, 0.25) is 0 Å². The van der Waals surface area contributed by atoms with Crippen LogP contribution in [0.3, 0.4) is 0 Å². The molecule has 19 heavy (non-hydrogen) atoms. The van der Waals surface area contributed by atoms with Crippen LogP contribution in [0.1, 0.15) is 22.3 Å². The molecule has 1 unspecified atom stereocenters. The quantitative estimate of drug-likeness (QED) is 0.881. The first-order chi connectivity index (χ1) is 9.04. The predicted octanol–water partition coefficient (Wildman–Crippen LogP) is 3.12. The minimum absolute atomic E-state index is 0.103. The van der Waals surface area contributed by atoms with Gasteiger partial charge in [-0.05, 0) is 61.1 Å². The summed E-state index contributed by atoms with van der Waals surface area (Å²) in [5, 5.41) is 9.25. The molecule has 0 aliphatic heterocycles. The van der Waals surface area contributed by atoms with Gasteiger partial charge in [-0.1, -0.05) is 30.3 Å². The fourth-order valence-electron chi connectivity index (χ4n) is 2.24. The van der Waals surface area contributed by atoms with E-state index in [0.29, 0.717) is 5.75 Å². The van der Waals surface area contributed by atoms with E-state index in [2.05, 4.69) is 32.0 Å². The second-order valence-electron chi connectivity index (χ2n) is 5.25. The molecule has 100 valence electrons. The van der Waals surface area contributed by atoms with Crippen LogP contribution in [0, 0.1) is 13.8 Å². The molecule has 0 bridgehead atoms. The highest BCUT2D eigenvalue weighted by Crippen LogP contribution is 2.14. The summed E-state index contributed by atoms with van der Waals surface area (Å²) in [4.78, 5) is 0. The van der Waals surface area contributed by atoms with Gasteiger partial charge in [0, 0.05) is 6.04 Å².